The molecule has 2 aliphatic rings. The number of nitrogens with one attached hydrogen (secondary N) is 1. The fraction of sp³-hybridized carbons (Fsp3) is 0.381. The summed E-state index contributed by atoms with van der Waals surface area (Å²) in [5.41, 5.74) is 2.95. The molecule has 1 saturated heterocycles. The van der Waals surface area contributed by atoms with Gasteiger partial charge in [0.1, 0.15) is 24.0 Å². The minimum absolute atomic E-state index is 0.222. The number of H-pyrrole nitrogens is 1. The Morgan fingerprint density at radius 1 is 1.12 bits per heavy atom. The van der Waals surface area contributed by atoms with Gasteiger partial charge in [-0.2, -0.15) is 0 Å². The first-order valence-electron chi connectivity index (χ1n) is 9.36. The lowest BCUT2D eigenvalue weighted by atomic mass is 9.93. The van der Waals surface area contributed by atoms with Crippen molar-refractivity contribution in [3.63, 3.8) is 0 Å². The Labute approximate surface area is 152 Å². The smallest absolute Gasteiger partial charge is 0.125 e. The van der Waals surface area contributed by atoms with Crippen molar-refractivity contribution >= 4 is 11.0 Å². The lowest BCUT2D eigenvalue weighted by Crippen LogP contribution is -2.46. The maximum absolute atomic E-state index is 13.4. The van der Waals surface area contributed by atoms with E-state index in [1.165, 1.54) is 17.7 Å². The van der Waals surface area contributed by atoms with Crippen molar-refractivity contribution in [1.82, 2.24) is 14.9 Å². The molecule has 0 unspecified atom stereocenters. The van der Waals surface area contributed by atoms with Gasteiger partial charge in [0.15, 0.2) is 0 Å². The van der Waals surface area contributed by atoms with E-state index in [2.05, 4.69) is 33.1 Å². The second-order valence-electron chi connectivity index (χ2n) is 7.37. The van der Waals surface area contributed by atoms with E-state index < -0.39 is 0 Å². The maximum Gasteiger partial charge on any atom is 0.125 e. The summed E-state index contributed by atoms with van der Waals surface area (Å²) in [6.45, 7) is 2.87. The zero-order valence-electron chi connectivity index (χ0n) is 14.6. The zero-order chi connectivity index (χ0) is 17.5. The maximum atomic E-state index is 13.4. The third-order valence-electron chi connectivity index (χ3n) is 5.75. The number of aromatic nitrogens is 2. The first-order valence-corrected chi connectivity index (χ1v) is 9.36. The molecule has 5 heteroatoms. The third kappa shape index (κ3) is 2.86. The third-order valence-corrected chi connectivity index (χ3v) is 5.75. The van der Waals surface area contributed by atoms with E-state index in [1.807, 2.05) is 6.07 Å². The lowest BCUT2D eigenvalue weighted by Gasteiger charge is -2.39. The first kappa shape index (κ1) is 15.8. The number of fused-ring (bicyclic) bond motifs is 2. The van der Waals surface area contributed by atoms with Crippen LogP contribution in [0.1, 0.15) is 30.1 Å². The molecular weight excluding hydrogens is 329 g/mol. The Morgan fingerprint density at radius 2 is 1.96 bits per heavy atom. The van der Waals surface area contributed by atoms with E-state index in [9.17, 15) is 4.39 Å². The van der Waals surface area contributed by atoms with Crippen LogP contribution >= 0.6 is 0 Å². The molecule has 1 fully saturated rings. The van der Waals surface area contributed by atoms with E-state index in [0.29, 0.717) is 12.0 Å². The van der Waals surface area contributed by atoms with Crippen LogP contribution < -0.4 is 4.74 Å². The van der Waals surface area contributed by atoms with Gasteiger partial charge in [-0.15, -0.1) is 0 Å². The molecule has 5 rings (SSSR count). The van der Waals surface area contributed by atoms with Gasteiger partial charge in [0.25, 0.3) is 0 Å². The number of benzene rings is 2. The molecule has 0 radical (unpaired) electrons. The number of nitrogens with zero attached hydrogens (tertiary/aromatic N) is 2. The molecule has 0 aliphatic carbocycles. The predicted octanol–water partition coefficient (Wildman–Crippen LogP) is 3.89. The Morgan fingerprint density at radius 3 is 2.85 bits per heavy atom. The SMILES string of the molecule is Fc1ccc2nc(C3CCN([C@H]4COc5ccccc5C4)CC3)[nH]c2c1. The van der Waals surface area contributed by atoms with Crippen molar-refractivity contribution in [2.75, 3.05) is 19.7 Å². The number of hydrogen-bond donors (Lipinski definition) is 1. The van der Waals surface area contributed by atoms with Gasteiger partial charge in [-0.25, -0.2) is 9.37 Å². The average Bonchev–Trinajstić information content (AvgIpc) is 3.11. The van der Waals surface area contributed by atoms with Crippen LogP contribution in [0.25, 0.3) is 11.0 Å². The van der Waals surface area contributed by atoms with Crippen LogP contribution in [-0.2, 0) is 6.42 Å². The van der Waals surface area contributed by atoms with Crippen LogP contribution in [0.5, 0.6) is 5.75 Å². The van der Waals surface area contributed by atoms with Gasteiger partial charge >= 0.3 is 0 Å². The number of ether oxygens (including phenoxy) is 1. The highest BCUT2D eigenvalue weighted by molar-refractivity contribution is 5.75. The number of piperidine rings is 1. The molecule has 2 aromatic carbocycles. The van der Waals surface area contributed by atoms with Crippen molar-refractivity contribution in [3.05, 3.63) is 59.7 Å². The van der Waals surface area contributed by atoms with Crippen molar-refractivity contribution in [1.29, 1.82) is 0 Å². The van der Waals surface area contributed by atoms with Crippen LogP contribution in [0.4, 0.5) is 4.39 Å². The Kier molecular flexibility index (Phi) is 3.89. The highest BCUT2D eigenvalue weighted by Crippen LogP contribution is 2.31. The van der Waals surface area contributed by atoms with E-state index in [4.69, 9.17) is 4.74 Å². The standard InChI is InChI=1S/C21H22FN3O/c22-16-5-6-18-19(12-16)24-21(23-18)14-7-9-25(10-8-14)17-11-15-3-1-2-4-20(15)26-13-17/h1-6,12,14,17H,7-11,13H2,(H,23,24)/t17-/m1/s1. The number of hydrogen-bond acceptors (Lipinski definition) is 3. The van der Waals surface area contributed by atoms with Crippen molar-refractivity contribution in [2.45, 2.75) is 31.2 Å². The van der Waals surface area contributed by atoms with Gasteiger partial charge in [0.05, 0.1) is 11.0 Å². The van der Waals surface area contributed by atoms with Crippen LogP contribution in [0, 0.1) is 5.82 Å². The fourth-order valence-corrected chi connectivity index (χ4v) is 4.28. The van der Waals surface area contributed by atoms with E-state index in [-0.39, 0.29) is 5.82 Å². The summed E-state index contributed by atoms with van der Waals surface area (Å²) in [5.74, 6) is 2.22. The van der Waals surface area contributed by atoms with E-state index in [0.717, 1.165) is 61.6 Å². The molecule has 1 aromatic heterocycles. The van der Waals surface area contributed by atoms with Crippen LogP contribution in [0.2, 0.25) is 0 Å². The van der Waals surface area contributed by atoms with E-state index >= 15 is 0 Å². The lowest BCUT2D eigenvalue weighted by molar-refractivity contribution is 0.0942. The Balaban J connectivity index is 1.26. The molecular formula is C21H22FN3O. The number of halogens is 1. The predicted molar refractivity (Wildman–Crippen MR) is 99.0 cm³/mol. The molecule has 1 atom stereocenters. The van der Waals surface area contributed by atoms with Crippen molar-refractivity contribution < 1.29 is 9.13 Å². The quantitative estimate of drug-likeness (QED) is 0.762. The second-order valence-corrected chi connectivity index (χ2v) is 7.37. The second kappa shape index (κ2) is 6.40. The summed E-state index contributed by atoms with van der Waals surface area (Å²) >= 11 is 0. The highest BCUT2D eigenvalue weighted by atomic mass is 19.1. The van der Waals surface area contributed by atoms with Gasteiger partial charge in [0.2, 0.25) is 0 Å². The minimum atomic E-state index is -0.222. The zero-order valence-corrected chi connectivity index (χ0v) is 14.6. The molecule has 26 heavy (non-hydrogen) atoms. The Hall–Kier alpha value is -2.40. The number of rotatable bonds is 2. The number of para-hydroxylation sites is 1. The molecule has 0 bridgehead atoms. The fourth-order valence-electron chi connectivity index (χ4n) is 4.28. The summed E-state index contributed by atoms with van der Waals surface area (Å²) in [5, 5.41) is 0. The highest BCUT2D eigenvalue weighted by Gasteiger charge is 2.30. The number of imidazole rings is 1. The normalized spacial score (nSPS) is 21.5. The molecule has 3 heterocycles. The number of likely N-dealkylation sites (tertiary alicyclic amines) is 1. The monoisotopic (exact) mass is 351 g/mol. The van der Waals surface area contributed by atoms with E-state index in [1.54, 1.807) is 6.07 Å². The largest absolute Gasteiger partial charge is 0.492 e. The summed E-state index contributed by atoms with van der Waals surface area (Å²) in [4.78, 5) is 10.5. The first-order chi connectivity index (χ1) is 12.8. The van der Waals surface area contributed by atoms with Gasteiger partial charge in [-0.3, -0.25) is 4.90 Å². The van der Waals surface area contributed by atoms with Crippen LogP contribution in [-0.4, -0.2) is 40.6 Å². The van der Waals surface area contributed by atoms with Gasteiger partial charge in [-0.05, 0) is 62.2 Å². The van der Waals surface area contributed by atoms with Crippen LogP contribution in [0.3, 0.4) is 0 Å². The molecule has 134 valence electrons. The number of aromatic amines is 1. The minimum Gasteiger partial charge on any atom is -0.492 e. The molecule has 0 saturated carbocycles. The average molecular weight is 351 g/mol. The van der Waals surface area contributed by atoms with Gasteiger partial charge < -0.3 is 9.72 Å². The summed E-state index contributed by atoms with van der Waals surface area (Å²) in [6.07, 6.45) is 3.20. The summed E-state index contributed by atoms with van der Waals surface area (Å²) < 4.78 is 19.3. The van der Waals surface area contributed by atoms with Crippen molar-refractivity contribution in [3.8, 4) is 5.75 Å². The molecule has 3 aromatic rings. The summed E-state index contributed by atoms with van der Waals surface area (Å²) in [6, 6.07) is 13.5. The van der Waals surface area contributed by atoms with Gasteiger partial charge in [0, 0.05) is 12.0 Å². The topological polar surface area (TPSA) is 41.2 Å². The molecule has 4 nitrogen and oxygen atoms in total. The molecule has 0 amide bonds. The molecule has 0 spiro atoms. The summed E-state index contributed by atoms with van der Waals surface area (Å²) in [7, 11) is 0. The Bertz CT molecular complexity index is 930. The van der Waals surface area contributed by atoms with Gasteiger partial charge in [-0.1, -0.05) is 18.2 Å². The van der Waals surface area contributed by atoms with Crippen molar-refractivity contribution in [2.24, 2.45) is 0 Å². The molecule has 2 aliphatic heterocycles. The van der Waals surface area contributed by atoms with Crippen LogP contribution in [0.15, 0.2) is 42.5 Å². The molecule has 1 N–H and O–H groups in total.